The van der Waals surface area contributed by atoms with Gasteiger partial charge in [0.05, 0.1) is 13.7 Å². The molecule has 0 spiro atoms. The van der Waals surface area contributed by atoms with Crippen LogP contribution in [0.4, 0.5) is 0 Å². The Labute approximate surface area is 247 Å². The van der Waals surface area contributed by atoms with Gasteiger partial charge in [-0.05, 0) is 82.5 Å². The van der Waals surface area contributed by atoms with Crippen molar-refractivity contribution in [2.24, 2.45) is 0 Å². The summed E-state index contributed by atoms with van der Waals surface area (Å²) in [5, 5.41) is 3.93. The molecule has 0 aromatic heterocycles. The van der Waals surface area contributed by atoms with Crippen molar-refractivity contribution < 1.29 is 13.7 Å². The van der Waals surface area contributed by atoms with Crippen LogP contribution in [0.25, 0.3) is 76.5 Å². The Bertz CT molecular complexity index is 2690. The monoisotopic (exact) mass is 516 g/mol. The fourth-order valence-electron chi connectivity index (χ4n) is 5.80. The third-order valence-corrected chi connectivity index (χ3v) is 7.54. The molecule has 0 heterocycles. The summed E-state index contributed by atoms with van der Waals surface area (Å²) < 4.78 is 88.8. The third kappa shape index (κ3) is 3.54. The number of hydrogen-bond donors (Lipinski definition) is 0. The van der Waals surface area contributed by atoms with Crippen LogP contribution in [0.1, 0.15) is 13.7 Å². The summed E-state index contributed by atoms with van der Waals surface area (Å²) in [5.74, 6) is 0. The molecule has 186 valence electrons. The van der Waals surface area contributed by atoms with Gasteiger partial charge >= 0.3 is 0 Å². The summed E-state index contributed by atoms with van der Waals surface area (Å²) in [6.45, 7) is 0. The first-order valence-electron chi connectivity index (χ1n) is 18.0. The molecule has 0 aliphatic carbocycles. The van der Waals surface area contributed by atoms with Crippen LogP contribution in [0.3, 0.4) is 0 Å². The molecule has 0 aliphatic rings. The van der Waals surface area contributed by atoms with Crippen molar-refractivity contribution in [1.29, 1.82) is 0 Å². The fraction of sp³-hybridized carbons (Fsp3) is 0. The molecule has 40 heavy (non-hydrogen) atoms. The molecule has 8 aromatic carbocycles. The summed E-state index contributed by atoms with van der Waals surface area (Å²) in [6.07, 6.45) is 0. The van der Waals surface area contributed by atoms with E-state index in [9.17, 15) is 5.48 Å². The van der Waals surface area contributed by atoms with Crippen molar-refractivity contribution in [2.45, 2.75) is 0 Å². The van der Waals surface area contributed by atoms with Gasteiger partial charge < -0.3 is 0 Å². The zero-order valence-electron chi connectivity index (χ0n) is 31.2. The molecule has 0 N–H and O–H groups in total. The second-order valence-corrected chi connectivity index (χ2v) is 9.72. The smallest absolute Gasteiger partial charge is 0.0622 e. The lowest BCUT2D eigenvalue weighted by Gasteiger charge is -2.19. The Morgan fingerprint density at radius 2 is 0.975 bits per heavy atom. The molecule has 8 rings (SSSR count). The highest BCUT2D eigenvalue weighted by Gasteiger charge is 2.18. The molecule has 0 saturated carbocycles. The lowest BCUT2D eigenvalue weighted by molar-refractivity contribution is 1.65. The van der Waals surface area contributed by atoms with E-state index in [0.29, 0.717) is 5.56 Å². The Morgan fingerprint density at radius 3 is 1.70 bits per heavy atom. The van der Waals surface area contributed by atoms with Gasteiger partial charge in [0.15, 0.2) is 0 Å². The zero-order valence-corrected chi connectivity index (χ0v) is 21.2. The second kappa shape index (κ2) is 9.22. The van der Waals surface area contributed by atoms with Gasteiger partial charge in [-0.3, -0.25) is 0 Å². The van der Waals surface area contributed by atoms with Crippen molar-refractivity contribution in [3.63, 3.8) is 0 Å². The van der Waals surface area contributed by atoms with Gasteiger partial charge in [-0.1, -0.05) is 151 Å². The van der Waals surface area contributed by atoms with E-state index in [-0.39, 0.29) is 62.4 Å². The molecular formula is C40H26. The highest BCUT2D eigenvalue weighted by Crippen LogP contribution is 2.46. The van der Waals surface area contributed by atoms with Gasteiger partial charge in [-0.15, -0.1) is 0 Å². The largest absolute Gasteiger partial charge is 0.0629 e. The lowest BCUT2D eigenvalue weighted by Crippen LogP contribution is -1.92. The lowest BCUT2D eigenvalue weighted by atomic mass is 9.84. The molecule has 0 heteroatoms. The van der Waals surface area contributed by atoms with Gasteiger partial charge in [-0.25, -0.2) is 0 Å². The van der Waals surface area contributed by atoms with E-state index >= 15 is 0 Å². The first kappa shape index (κ1) is 14.8. The standard InChI is InChI=1S/C40H26/c1-2-13-28(14-3-1)39-35-16-6-8-18-37(35)40(38-19-9-7-17-36(38)39)34-23-11-21-32-31(20-10-22-33(32)34)30-25-24-27-12-4-5-15-29(27)26-30/h1-26H/i2D,6D,7D,8D,9D,14D,16D,17D,18D,19D. The van der Waals surface area contributed by atoms with E-state index < -0.39 is 36.3 Å². The summed E-state index contributed by atoms with van der Waals surface area (Å²) >= 11 is 0. The van der Waals surface area contributed by atoms with E-state index in [4.69, 9.17) is 8.22 Å². The quantitative estimate of drug-likeness (QED) is 0.205. The van der Waals surface area contributed by atoms with Crippen molar-refractivity contribution in [1.82, 2.24) is 0 Å². The van der Waals surface area contributed by atoms with Crippen LogP contribution in [0.2, 0.25) is 0 Å². The molecule has 0 bridgehead atoms. The third-order valence-electron chi connectivity index (χ3n) is 7.54. The predicted octanol–water partition coefficient (Wildman–Crippen LogP) is 11.3. The van der Waals surface area contributed by atoms with Gasteiger partial charge in [0.2, 0.25) is 0 Å². The maximum Gasteiger partial charge on any atom is 0.0629 e. The summed E-state index contributed by atoms with van der Waals surface area (Å²) in [5.41, 5.74) is 2.86. The van der Waals surface area contributed by atoms with E-state index in [1.807, 2.05) is 60.7 Å². The summed E-state index contributed by atoms with van der Waals surface area (Å²) in [7, 11) is 0. The van der Waals surface area contributed by atoms with Gasteiger partial charge in [-0.2, -0.15) is 0 Å². The van der Waals surface area contributed by atoms with Gasteiger partial charge in [0.25, 0.3) is 0 Å². The molecule has 0 aliphatic heterocycles. The minimum Gasteiger partial charge on any atom is -0.0622 e. The highest BCUT2D eigenvalue weighted by atomic mass is 14.2. The maximum absolute atomic E-state index is 9.26. The fourth-order valence-corrected chi connectivity index (χ4v) is 5.80. The summed E-state index contributed by atoms with van der Waals surface area (Å²) in [6, 6.07) is 26.4. The molecule has 0 saturated heterocycles. The van der Waals surface area contributed by atoms with Crippen LogP contribution in [0.5, 0.6) is 0 Å². The molecule has 0 unspecified atom stereocenters. The molecule has 0 amide bonds. The second-order valence-electron chi connectivity index (χ2n) is 9.72. The Hall–Kier alpha value is -5.20. The molecule has 0 atom stereocenters. The zero-order chi connectivity index (χ0) is 35.2. The molecule has 0 nitrogen and oxygen atoms in total. The minimum atomic E-state index is -0.514. The van der Waals surface area contributed by atoms with E-state index in [2.05, 4.69) is 18.2 Å². The molecule has 8 aromatic rings. The minimum absolute atomic E-state index is 0.0188. The SMILES string of the molecule is [2H]c1ccc([2H])c(-c2c3c([2H])c([2H])c([2H])c([2H])c3c(-c3cccc4c(-c5ccc6ccccc6c5)cccc34)c3c([2H])c([2H])c([2H])c([2H])c23)c1. The van der Waals surface area contributed by atoms with Crippen molar-refractivity contribution in [3.8, 4) is 33.4 Å². The topological polar surface area (TPSA) is 0 Å². The maximum atomic E-state index is 9.26. The molecule has 0 radical (unpaired) electrons. The van der Waals surface area contributed by atoms with Crippen LogP contribution < -0.4 is 0 Å². The van der Waals surface area contributed by atoms with Crippen molar-refractivity contribution in [3.05, 3.63) is 157 Å². The average Bonchev–Trinajstić information content (AvgIpc) is 3.13. The Balaban J connectivity index is 1.62. The number of fused-ring (bicyclic) bond motifs is 4. The van der Waals surface area contributed by atoms with E-state index in [0.717, 1.165) is 32.7 Å². The van der Waals surface area contributed by atoms with E-state index in [1.165, 1.54) is 18.2 Å². The van der Waals surface area contributed by atoms with Crippen LogP contribution in [-0.4, -0.2) is 0 Å². The van der Waals surface area contributed by atoms with Crippen molar-refractivity contribution in [2.75, 3.05) is 0 Å². The Kier molecular flexibility index (Phi) is 3.42. The Morgan fingerprint density at radius 1 is 0.350 bits per heavy atom. The van der Waals surface area contributed by atoms with Crippen LogP contribution in [0, 0.1) is 0 Å². The van der Waals surface area contributed by atoms with Gasteiger partial charge in [0.1, 0.15) is 0 Å². The summed E-state index contributed by atoms with van der Waals surface area (Å²) in [4.78, 5) is 0. The highest BCUT2D eigenvalue weighted by molar-refractivity contribution is 6.24. The van der Waals surface area contributed by atoms with E-state index in [1.54, 1.807) is 0 Å². The van der Waals surface area contributed by atoms with Crippen LogP contribution in [0.15, 0.2) is 157 Å². The first-order valence-corrected chi connectivity index (χ1v) is 13.0. The molecular weight excluding hydrogens is 480 g/mol. The normalized spacial score (nSPS) is 15.0. The molecule has 0 fully saturated rings. The average molecular weight is 517 g/mol. The number of hydrogen-bond acceptors (Lipinski definition) is 0. The number of benzene rings is 8. The predicted molar refractivity (Wildman–Crippen MR) is 173 cm³/mol. The van der Waals surface area contributed by atoms with Gasteiger partial charge in [0, 0.05) is 0 Å². The first-order chi connectivity index (χ1) is 24.0. The number of rotatable bonds is 3. The van der Waals surface area contributed by atoms with Crippen LogP contribution in [-0.2, 0) is 0 Å². The van der Waals surface area contributed by atoms with Crippen LogP contribution >= 0.6 is 0 Å². The van der Waals surface area contributed by atoms with Crippen molar-refractivity contribution >= 4 is 43.1 Å².